The van der Waals surface area contributed by atoms with E-state index in [9.17, 15) is 0 Å². The van der Waals surface area contributed by atoms with E-state index in [1.807, 2.05) is 11.3 Å². The smallest absolute Gasteiger partial charge is 0.0465 e. The first kappa shape index (κ1) is 36.8. The van der Waals surface area contributed by atoms with Crippen molar-refractivity contribution in [3.8, 4) is 55.6 Å². The largest absolute Gasteiger partial charge is 0.310 e. The summed E-state index contributed by atoms with van der Waals surface area (Å²) in [7, 11) is 0. The van der Waals surface area contributed by atoms with Crippen molar-refractivity contribution in [2.75, 3.05) is 4.90 Å². The number of nitrogens with zero attached hydrogens (tertiary/aromatic N) is 1. The van der Waals surface area contributed by atoms with E-state index < -0.39 is 0 Å². The Kier molecular flexibility index (Phi) is 8.17. The molecular weight excluding hydrogens is 767 g/mol. The molecule has 1 aromatic heterocycles. The number of thiophene rings is 1. The van der Waals surface area contributed by atoms with Gasteiger partial charge in [0, 0.05) is 48.1 Å². The van der Waals surface area contributed by atoms with Crippen LogP contribution in [0.5, 0.6) is 0 Å². The van der Waals surface area contributed by atoms with Crippen LogP contribution >= 0.6 is 11.3 Å². The van der Waals surface area contributed by atoms with Gasteiger partial charge in [-0.25, -0.2) is 0 Å². The van der Waals surface area contributed by atoms with Crippen LogP contribution in [0.1, 0.15) is 49.9 Å². The van der Waals surface area contributed by atoms with E-state index in [0.717, 1.165) is 17.1 Å². The lowest BCUT2D eigenvalue weighted by Gasteiger charge is -2.28. The third-order valence-corrected chi connectivity index (χ3v) is 15.0. The molecule has 1 nitrogen and oxygen atoms in total. The molecule has 0 bridgehead atoms. The molecule has 0 N–H and O–H groups in total. The first-order valence-corrected chi connectivity index (χ1v) is 22.6. The average molecular weight is 812 g/mol. The Hall–Kier alpha value is -7.00. The highest BCUT2D eigenvalue weighted by atomic mass is 32.1. The molecule has 2 heteroatoms. The zero-order valence-electron chi connectivity index (χ0n) is 35.4. The van der Waals surface area contributed by atoms with Crippen LogP contribution < -0.4 is 4.90 Å². The fourth-order valence-electron chi connectivity index (χ4n) is 10.5. The highest BCUT2D eigenvalue weighted by Gasteiger charge is 2.42. The van der Waals surface area contributed by atoms with E-state index >= 15 is 0 Å². The minimum Gasteiger partial charge on any atom is -0.310 e. The highest BCUT2D eigenvalue weighted by Crippen LogP contribution is 2.57. The summed E-state index contributed by atoms with van der Waals surface area (Å²) in [4.78, 5) is 2.42. The number of hydrogen-bond acceptors (Lipinski definition) is 2. The second-order valence-electron chi connectivity index (χ2n) is 18.2. The zero-order valence-corrected chi connectivity index (χ0v) is 36.2. The van der Waals surface area contributed by atoms with Crippen molar-refractivity contribution in [2.24, 2.45) is 0 Å². The van der Waals surface area contributed by atoms with Gasteiger partial charge in [-0.15, -0.1) is 11.3 Å². The SMILES string of the molecule is CC1(C)c2ccc(-c3ccc4sc5ccccc5c4c3)cc2-c2cc3c(cc21)-c1ccc(N(c2ccc(-c4ccccc4)cc2)c2ccc(-c4ccccc4)cc2)cc1C3(C)C. The first-order chi connectivity index (χ1) is 30.2. The van der Waals surface area contributed by atoms with Gasteiger partial charge in [-0.1, -0.05) is 155 Å². The molecule has 0 saturated heterocycles. The molecule has 10 aromatic rings. The van der Waals surface area contributed by atoms with E-state index in [-0.39, 0.29) is 10.8 Å². The van der Waals surface area contributed by atoms with Crippen molar-refractivity contribution in [3.63, 3.8) is 0 Å². The van der Waals surface area contributed by atoms with Crippen LogP contribution in [-0.4, -0.2) is 0 Å². The molecule has 62 heavy (non-hydrogen) atoms. The van der Waals surface area contributed by atoms with E-state index in [1.165, 1.54) is 98.1 Å². The summed E-state index contributed by atoms with van der Waals surface area (Å²) in [6.45, 7) is 9.64. The van der Waals surface area contributed by atoms with Crippen molar-refractivity contribution in [1.29, 1.82) is 0 Å². The molecule has 0 unspecified atom stereocenters. The second kappa shape index (κ2) is 13.8. The molecule has 12 rings (SSSR count). The van der Waals surface area contributed by atoms with Crippen LogP contribution in [-0.2, 0) is 10.8 Å². The molecule has 0 fully saturated rings. The number of fused-ring (bicyclic) bond motifs is 9. The van der Waals surface area contributed by atoms with E-state index in [2.05, 4.69) is 233 Å². The Balaban J connectivity index is 0.947. The van der Waals surface area contributed by atoms with Gasteiger partial charge in [0.05, 0.1) is 0 Å². The molecule has 2 aliphatic carbocycles. The van der Waals surface area contributed by atoms with Crippen molar-refractivity contribution in [3.05, 3.63) is 222 Å². The maximum absolute atomic E-state index is 2.54. The quantitative estimate of drug-likeness (QED) is 0.162. The molecule has 9 aromatic carbocycles. The van der Waals surface area contributed by atoms with Gasteiger partial charge >= 0.3 is 0 Å². The normalized spacial score (nSPS) is 14.1. The molecular formula is C60H45NS. The summed E-state index contributed by atoms with van der Waals surface area (Å²) in [5.74, 6) is 0. The van der Waals surface area contributed by atoms with Crippen LogP contribution in [0.15, 0.2) is 200 Å². The van der Waals surface area contributed by atoms with Gasteiger partial charge < -0.3 is 4.90 Å². The number of rotatable bonds is 6. The van der Waals surface area contributed by atoms with Crippen LogP contribution in [0.25, 0.3) is 75.8 Å². The maximum Gasteiger partial charge on any atom is 0.0465 e. The Morgan fingerprint density at radius 2 is 0.758 bits per heavy atom. The van der Waals surface area contributed by atoms with Crippen molar-refractivity contribution in [2.45, 2.75) is 38.5 Å². The molecule has 0 saturated carbocycles. The fraction of sp³-hybridized carbons (Fsp3) is 0.100. The molecule has 2 aliphatic rings. The highest BCUT2D eigenvalue weighted by molar-refractivity contribution is 7.25. The Bertz CT molecular complexity index is 3290. The monoisotopic (exact) mass is 811 g/mol. The summed E-state index contributed by atoms with van der Waals surface area (Å²) in [6.07, 6.45) is 0. The van der Waals surface area contributed by atoms with Gasteiger partial charge in [0.15, 0.2) is 0 Å². The summed E-state index contributed by atoms with van der Waals surface area (Å²) in [6, 6.07) is 74.5. The summed E-state index contributed by atoms with van der Waals surface area (Å²) in [5.41, 5.74) is 21.5. The van der Waals surface area contributed by atoms with Crippen LogP contribution in [0, 0.1) is 0 Å². The summed E-state index contributed by atoms with van der Waals surface area (Å²) in [5, 5.41) is 2.68. The lowest BCUT2D eigenvalue weighted by Crippen LogP contribution is -2.17. The lowest BCUT2D eigenvalue weighted by atomic mass is 9.79. The van der Waals surface area contributed by atoms with Gasteiger partial charge in [0.1, 0.15) is 0 Å². The fourth-order valence-corrected chi connectivity index (χ4v) is 11.6. The van der Waals surface area contributed by atoms with Crippen LogP contribution in [0.4, 0.5) is 17.1 Å². The average Bonchev–Trinajstić information content (AvgIpc) is 3.88. The minimum absolute atomic E-state index is 0.118. The molecule has 0 atom stereocenters. The van der Waals surface area contributed by atoms with Crippen molar-refractivity contribution < 1.29 is 0 Å². The summed E-state index contributed by atoms with van der Waals surface area (Å²) >= 11 is 1.88. The maximum atomic E-state index is 2.54. The topological polar surface area (TPSA) is 3.24 Å². The number of benzene rings is 9. The molecule has 296 valence electrons. The molecule has 0 aliphatic heterocycles. The Morgan fingerprint density at radius 3 is 1.40 bits per heavy atom. The van der Waals surface area contributed by atoms with Crippen molar-refractivity contribution >= 4 is 48.6 Å². The molecule has 0 spiro atoms. The van der Waals surface area contributed by atoms with Crippen molar-refractivity contribution in [1.82, 2.24) is 0 Å². The van der Waals surface area contributed by atoms with E-state index in [4.69, 9.17) is 0 Å². The molecule has 1 heterocycles. The van der Waals surface area contributed by atoms with Crippen LogP contribution in [0.2, 0.25) is 0 Å². The van der Waals surface area contributed by atoms with Gasteiger partial charge in [0.2, 0.25) is 0 Å². The Labute approximate surface area is 368 Å². The zero-order chi connectivity index (χ0) is 41.7. The molecule has 0 radical (unpaired) electrons. The Morgan fingerprint density at radius 1 is 0.306 bits per heavy atom. The predicted molar refractivity (Wildman–Crippen MR) is 265 cm³/mol. The number of hydrogen-bond donors (Lipinski definition) is 0. The lowest BCUT2D eigenvalue weighted by molar-refractivity contribution is 0.652. The summed E-state index contributed by atoms with van der Waals surface area (Å²) < 4.78 is 2.68. The van der Waals surface area contributed by atoms with Gasteiger partial charge in [-0.2, -0.15) is 0 Å². The van der Waals surface area contributed by atoms with E-state index in [0.29, 0.717) is 0 Å². The number of anilines is 3. The van der Waals surface area contributed by atoms with Crippen LogP contribution in [0.3, 0.4) is 0 Å². The molecule has 0 amide bonds. The third kappa shape index (κ3) is 5.67. The predicted octanol–water partition coefficient (Wildman–Crippen LogP) is 17.1. The standard InChI is InChI=1S/C60H45NS/c1-59(2)53-31-23-42(43-24-32-58-52(34-43)48-17-11-12-18-57(48)62-58)33-49(53)51-37-55-50(36-56(51)59)47-30-29-46(35-54(47)60(55,3)4)61(44-25-19-40(20-26-44)38-13-7-5-8-14-38)45-27-21-41(22-28-45)39-15-9-6-10-16-39/h5-37H,1-4H3. The van der Waals surface area contributed by atoms with Gasteiger partial charge in [-0.05, 0) is 151 Å². The third-order valence-electron chi connectivity index (χ3n) is 13.9. The second-order valence-corrected chi connectivity index (χ2v) is 19.2. The first-order valence-electron chi connectivity index (χ1n) is 21.7. The van der Waals surface area contributed by atoms with Gasteiger partial charge in [-0.3, -0.25) is 0 Å². The minimum atomic E-state index is -0.203. The van der Waals surface area contributed by atoms with Gasteiger partial charge in [0.25, 0.3) is 0 Å². The van der Waals surface area contributed by atoms with E-state index in [1.54, 1.807) is 0 Å².